The number of nitrogens with one attached hydrogen (secondary N) is 1. The summed E-state index contributed by atoms with van der Waals surface area (Å²) in [5, 5.41) is 12.4. The van der Waals surface area contributed by atoms with E-state index in [0.29, 0.717) is 25.2 Å². The van der Waals surface area contributed by atoms with Gasteiger partial charge in [-0.05, 0) is 6.07 Å². The first-order valence-electron chi connectivity index (χ1n) is 5.72. The van der Waals surface area contributed by atoms with Crippen molar-refractivity contribution in [3.8, 4) is 0 Å². The summed E-state index contributed by atoms with van der Waals surface area (Å²) in [7, 11) is 0. The van der Waals surface area contributed by atoms with Gasteiger partial charge in [0.05, 0.1) is 0 Å². The summed E-state index contributed by atoms with van der Waals surface area (Å²) >= 11 is 0. The van der Waals surface area contributed by atoms with Crippen LogP contribution in [-0.4, -0.2) is 35.7 Å². The maximum absolute atomic E-state index is 13.9. The highest BCUT2D eigenvalue weighted by atomic mass is 19.1. The van der Waals surface area contributed by atoms with Gasteiger partial charge in [0, 0.05) is 25.2 Å². The van der Waals surface area contributed by atoms with Crippen molar-refractivity contribution in [3.05, 3.63) is 48.3 Å². The molecule has 1 aliphatic rings. The van der Waals surface area contributed by atoms with Crippen molar-refractivity contribution in [2.45, 2.75) is 5.54 Å². The van der Waals surface area contributed by atoms with Crippen molar-refractivity contribution in [1.82, 2.24) is 10.2 Å². The largest absolute Gasteiger partial charge is 0.465 e. The highest BCUT2D eigenvalue weighted by Gasteiger charge is 2.42. The lowest BCUT2D eigenvalue weighted by molar-refractivity contribution is 0.0788. The lowest BCUT2D eigenvalue weighted by atomic mass is 9.86. The van der Waals surface area contributed by atoms with E-state index in [0.717, 1.165) is 0 Å². The zero-order valence-corrected chi connectivity index (χ0v) is 9.90. The molecule has 2 N–H and O–H groups in total. The SMILES string of the molecule is C=CC1(c2ccccc2F)CNCCN1C(=O)O. The molecule has 1 saturated heterocycles. The summed E-state index contributed by atoms with van der Waals surface area (Å²) in [6, 6.07) is 6.20. The Bertz CT molecular complexity index is 478. The molecule has 0 saturated carbocycles. The summed E-state index contributed by atoms with van der Waals surface area (Å²) in [6.45, 7) is 4.87. The van der Waals surface area contributed by atoms with Gasteiger partial charge in [-0.1, -0.05) is 24.3 Å². The summed E-state index contributed by atoms with van der Waals surface area (Å²) in [6.07, 6.45) is 0.422. The van der Waals surface area contributed by atoms with Crippen LogP contribution in [0.15, 0.2) is 36.9 Å². The van der Waals surface area contributed by atoms with E-state index in [-0.39, 0.29) is 0 Å². The third-order valence-electron chi connectivity index (χ3n) is 3.30. The van der Waals surface area contributed by atoms with Gasteiger partial charge in [-0.25, -0.2) is 9.18 Å². The van der Waals surface area contributed by atoms with Crippen molar-refractivity contribution in [1.29, 1.82) is 0 Å². The molecule has 5 heteroatoms. The minimum absolute atomic E-state index is 0.301. The zero-order chi connectivity index (χ0) is 13.2. The number of hydrogen-bond acceptors (Lipinski definition) is 2. The van der Waals surface area contributed by atoms with Crippen LogP contribution in [0.1, 0.15) is 5.56 Å². The molecule has 1 unspecified atom stereocenters. The molecule has 1 aromatic rings. The number of benzene rings is 1. The Morgan fingerprint density at radius 3 is 2.89 bits per heavy atom. The van der Waals surface area contributed by atoms with Gasteiger partial charge in [-0.3, -0.25) is 4.90 Å². The first-order valence-corrected chi connectivity index (χ1v) is 5.72. The van der Waals surface area contributed by atoms with Crippen LogP contribution < -0.4 is 5.32 Å². The number of carboxylic acid groups (broad SMARTS) is 1. The Kier molecular flexibility index (Phi) is 3.34. The minimum Gasteiger partial charge on any atom is -0.465 e. The molecule has 1 aromatic carbocycles. The van der Waals surface area contributed by atoms with Crippen molar-refractivity contribution in [3.63, 3.8) is 0 Å². The number of halogens is 1. The van der Waals surface area contributed by atoms with Crippen molar-refractivity contribution in [2.24, 2.45) is 0 Å². The number of rotatable bonds is 2. The molecule has 96 valence electrons. The van der Waals surface area contributed by atoms with E-state index in [2.05, 4.69) is 11.9 Å². The van der Waals surface area contributed by atoms with E-state index >= 15 is 0 Å². The molecular formula is C13H15FN2O2. The molecular weight excluding hydrogens is 235 g/mol. The fraction of sp³-hybridized carbons (Fsp3) is 0.308. The Hall–Kier alpha value is -1.88. The molecule has 1 heterocycles. The monoisotopic (exact) mass is 250 g/mol. The van der Waals surface area contributed by atoms with Crippen molar-refractivity contribution < 1.29 is 14.3 Å². The third-order valence-corrected chi connectivity index (χ3v) is 3.30. The number of piperazine rings is 1. The molecule has 0 aromatic heterocycles. The van der Waals surface area contributed by atoms with Crippen LogP contribution in [0.3, 0.4) is 0 Å². The van der Waals surface area contributed by atoms with Crippen molar-refractivity contribution >= 4 is 6.09 Å². The number of hydrogen-bond donors (Lipinski definition) is 2. The van der Waals surface area contributed by atoms with Crippen LogP contribution >= 0.6 is 0 Å². The molecule has 0 radical (unpaired) electrons. The number of carbonyl (C=O) groups is 1. The summed E-state index contributed by atoms with van der Waals surface area (Å²) < 4.78 is 13.9. The van der Waals surface area contributed by atoms with Gasteiger partial charge >= 0.3 is 6.09 Å². The molecule has 0 spiro atoms. The lowest BCUT2D eigenvalue weighted by Gasteiger charge is -2.44. The molecule has 0 bridgehead atoms. The fourth-order valence-electron chi connectivity index (χ4n) is 2.38. The van der Waals surface area contributed by atoms with Gasteiger partial charge in [0.15, 0.2) is 0 Å². The van der Waals surface area contributed by atoms with Crippen LogP contribution in [0.2, 0.25) is 0 Å². The maximum Gasteiger partial charge on any atom is 0.408 e. The second kappa shape index (κ2) is 4.78. The number of nitrogens with zero attached hydrogens (tertiary/aromatic N) is 1. The summed E-state index contributed by atoms with van der Waals surface area (Å²) in [5.41, 5.74) is -0.718. The van der Waals surface area contributed by atoms with Crippen molar-refractivity contribution in [2.75, 3.05) is 19.6 Å². The van der Waals surface area contributed by atoms with E-state index < -0.39 is 17.4 Å². The molecule has 1 fully saturated rings. The van der Waals surface area contributed by atoms with Gasteiger partial charge in [-0.15, -0.1) is 6.58 Å². The Balaban J connectivity index is 2.55. The molecule has 0 aliphatic carbocycles. The van der Waals surface area contributed by atoms with Gasteiger partial charge in [0.1, 0.15) is 11.4 Å². The summed E-state index contributed by atoms with van der Waals surface area (Å²) in [5.74, 6) is -0.424. The average molecular weight is 250 g/mol. The molecule has 1 atom stereocenters. The van der Waals surface area contributed by atoms with E-state index in [1.807, 2.05) is 0 Å². The average Bonchev–Trinajstić information content (AvgIpc) is 2.39. The molecule has 4 nitrogen and oxygen atoms in total. The van der Waals surface area contributed by atoms with Gasteiger partial charge < -0.3 is 10.4 Å². The smallest absolute Gasteiger partial charge is 0.408 e. The zero-order valence-electron chi connectivity index (χ0n) is 9.90. The molecule has 18 heavy (non-hydrogen) atoms. The minimum atomic E-state index is -1.07. The second-order valence-electron chi connectivity index (χ2n) is 4.22. The topological polar surface area (TPSA) is 52.6 Å². The maximum atomic E-state index is 13.9. The Labute approximate surface area is 105 Å². The molecule has 1 amide bonds. The van der Waals surface area contributed by atoms with Crippen LogP contribution in [-0.2, 0) is 5.54 Å². The van der Waals surface area contributed by atoms with E-state index in [1.54, 1.807) is 18.2 Å². The van der Waals surface area contributed by atoms with Crippen LogP contribution in [0, 0.1) is 5.82 Å². The second-order valence-corrected chi connectivity index (χ2v) is 4.22. The van der Waals surface area contributed by atoms with Gasteiger partial charge in [0.2, 0.25) is 0 Å². The highest BCUT2D eigenvalue weighted by Crippen LogP contribution is 2.33. The summed E-state index contributed by atoms with van der Waals surface area (Å²) in [4.78, 5) is 12.6. The quantitative estimate of drug-likeness (QED) is 0.787. The van der Waals surface area contributed by atoms with Crippen LogP contribution in [0.25, 0.3) is 0 Å². The Morgan fingerprint density at radius 2 is 2.28 bits per heavy atom. The van der Waals surface area contributed by atoms with E-state index in [9.17, 15) is 14.3 Å². The third kappa shape index (κ3) is 1.86. The van der Waals surface area contributed by atoms with Gasteiger partial charge in [0.25, 0.3) is 0 Å². The van der Waals surface area contributed by atoms with Crippen LogP contribution in [0.4, 0.5) is 9.18 Å². The van der Waals surface area contributed by atoms with E-state index in [4.69, 9.17) is 0 Å². The Morgan fingerprint density at radius 1 is 1.56 bits per heavy atom. The highest BCUT2D eigenvalue weighted by molar-refractivity contribution is 5.68. The number of amides is 1. The molecule has 1 aliphatic heterocycles. The predicted molar refractivity (Wildman–Crippen MR) is 65.9 cm³/mol. The predicted octanol–water partition coefficient (Wildman–Crippen LogP) is 1.79. The standard InChI is InChI=1S/C13H15FN2O2/c1-2-13(10-5-3-4-6-11(10)14)9-15-7-8-16(13)12(17)18/h2-6,15H,1,7-9H2,(H,17,18). The fourth-order valence-corrected chi connectivity index (χ4v) is 2.38. The lowest BCUT2D eigenvalue weighted by Crippen LogP contribution is -2.60. The first-order chi connectivity index (χ1) is 8.62. The first kappa shape index (κ1) is 12.6. The van der Waals surface area contributed by atoms with Gasteiger partial charge in [-0.2, -0.15) is 0 Å². The molecule has 2 rings (SSSR count). The van der Waals surface area contributed by atoms with E-state index in [1.165, 1.54) is 17.0 Å². The van der Waals surface area contributed by atoms with Crippen LogP contribution in [0.5, 0.6) is 0 Å². The normalized spacial score (nSPS) is 23.7.